The second kappa shape index (κ2) is 46.8. The molecular formula is C52H90O6. The first-order chi connectivity index (χ1) is 28.5. The number of carbonyl (C=O) groups is 3. The number of unbranched alkanes of at least 4 members (excludes halogenated alkanes) is 23. The Morgan fingerprint density at radius 1 is 0.379 bits per heavy atom. The van der Waals surface area contributed by atoms with E-state index in [1.807, 2.05) is 12.2 Å². The van der Waals surface area contributed by atoms with Crippen LogP contribution in [0.5, 0.6) is 0 Å². The van der Waals surface area contributed by atoms with Gasteiger partial charge in [0.25, 0.3) is 0 Å². The van der Waals surface area contributed by atoms with E-state index in [1.165, 1.54) is 135 Å². The molecule has 0 fully saturated rings. The molecule has 1 unspecified atom stereocenters. The molecule has 0 spiro atoms. The van der Waals surface area contributed by atoms with Crippen molar-refractivity contribution in [1.29, 1.82) is 0 Å². The molecule has 334 valence electrons. The van der Waals surface area contributed by atoms with Crippen LogP contribution in [0.2, 0.25) is 0 Å². The van der Waals surface area contributed by atoms with Gasteiger partial charge in [0.15, 0.2) is 6.10 Å². The van der Waals surface area contributed by atoms with Gasteiger partial charge in [-0.05, 0) is 51.4 Å². The lowest BCUT2D eigenvalue weighted by molar-refractivity contribution is -0.166. The molecule has 58 heavy (non-hydrogen) atoms. The number of rotatable bonds is 43. The molecule has 0 saturated heterocycles. The van der Waals surface area contributed by atoms with Crippen LogP contribution in [-0.4, -0.2) is 37.2 Å². The summed E-state index contributed by atoms with van der Waals surface area (Å²) in [7, 11) is 0. The third-order valence-electron chi connectivity index (χ3n) is 10.3. The van der Waals surface area contributed by atoms with E-state index in [4.69, 9.17) is 14.2 Å². The van der Waals surface area contributed by atoms with Crippen LogP contribution >= 0.6 is 0 Å². The summed E-state index contributed by atoms with van der Waals surface area (Å²) in [6.07, 6.45) is 56.9. The van der Waals surface area contributed by atoms with Crippen LogP contribution in [-0.2, 0) is 28.6 Å². The normalized spacial score (nSPS) is 12.5. The zero-order chi connectivity index (χ0) is 42.3. The van der Waals surface area contributed by atoms with E-state index in [1.54, 1.807) is 6.08 Å². The van der Waals surface area contributed by atoms with Gasteiger partial charge in [0.05, 0.1) is 6.42 Å². The fourth-order valence-corrected chi connectivity index (χ4v) is 6.67. The summed E-state index contributed by atoms with van der Waals surface area (Å²) in [4.78, 5) is 37.6. The summed E-state index contributed by atoms with van der Waals surface area (Å²) in [5.74, 6) is -1.12. The molecule has 0 heterocycles. The van der Waals surface area contributed by atoms with Crippen molar-refractivity contribution in [3.05, 3.63) is 60.8 Å². The molecule has 0 aliphatic heterocycles. The van der Waals surface area contributed by atoms with Gasteiger partial charge >= 0.3 is 17.9 Å². The first-order valence-electron chi connectivity index (χ1n) is 24.3. The summed E-state index contributed by atoms with van der Waals surface area (Å²) < 4.78 is 16.5. The average Bonchev–Trinajstić information content (AvgIpc) is 3.22. The Morgan fingerprint density at radius 3 is 1.28 bits per heavy atom. The smallest absolute Gasteiger partial charge is 0.309 e. The Morgan fingerprint density at radius 2 is 0.776 bits per heavy atom. The standard InChI is InChI=1S/C52H90O6/c1-4-7-10-13-16-19-21-23-24-25-26-27-29-30-33-36-39-42-45-51(54)57-48-49(47-56-50(53)44-41-38-35-32-18-15-12-9-6-3)58-52(55)46-43-40-37-34-31-28-22-20-17-14-11-8-5-2/h9,12,18,28,31-32,37-38,40-41,49H,4-8,10-11,13-17,19-27,29-30,33-36,39,42-48H2,1-3H3/b12-9-,31-28-,32-18-,40-37-,41-38-. The zero-order valence-corrected chi connectivity index (χ0v) is 38.0. The maximum Gasteiger partial charge on any atom is 0.309 e. The van der Waals surface area contributed by atoms with E-state index in [0.717, 1.165) is 51.4 Å². The van der Waals surface area contributed by atoms with Crippen molar-refractivity contribution >= 4 is 17.9 Å². The van der Waals surface area contributed by atoms with E-state index in [-0.39, 0.29) is 32.0 Å². The first kappa shape index (κ1) is 55.1. The Hall–Kier alpha value is -2.89. The molecule has 0 saturated carbocycles. The molecule has 0 amide bonds. The molecule has 6 heteroatoms. The second-order valence-electron chi connectivity index (χ2n) is 16.0. The Bertz CT molecular complexity index is 1070. The lowest BCUT2D eigenvalue weighted by atomic mass is 10.0. The summed E-state index contributed by atoms with van der Waals surface area (Å²) in [6.45, 7) is 6.37. The predicted molar refractivity (Wildman–Crippen MR) is 247 cm³/mol. The van der Waals surface area contributed by atoms with Crippen molar-refractivity contribution in [2.24, 2.45) is 0 Å². The van der Waals surface area contributed by atoms with Crippen molar-refractivity contribution in [3.63, 3.8) is 0 Å². The van der Waals surface area contributed by atoms with Gasteiger partial charge in [-0.25, -0.2) is 0 Å². The molecule has 0 bridgehead atoms. The van der Waals surface area contributed by atoms with Crippen LogP contribution in [0.15, 0.2) is 60.8 Å². The molecule has 0 aliphatic rings. The molecule has 0 aliphatic carbocycles. The van der Waals surface area contributed by atoms with E-state index in [9.17, 15) is 14.4 Å². The Balaban J connectivity index is 4.39. The van der Waals surface area contributed by atoms with Crippen LogP contribution in [0.4, 0.5) is 0 Å². The van der Waals surface area contributed by atoms with Gasteiger partial charge < -0.3 is 14.2 Å². The number of hydrogen-bond donors (Lipinski definition) is 0. The number of ether oxygens (including phenoxy) is 3. The van der Waals surface area contributed by atoms with Crippen LogP contribution in [0.3, 0.4) is 0 Å². The summed E-state index contributed by atoms with van der Waals surface area (Å²) >= 11 is 0. The number of allylic oxidation sites excluding steroid dienone is 9. The molecule has 0 aromatic heterocycles. The quantitative estimate of drug-likeness (QED) is 0.0264. The minimum Gasteiger partial charge on any atom is -0.462 e. The molecular weight excluding hydrogens is 721 g/mol. The monoisotopic (exact) mass is 811 g/mol. The molecule has 0 radical (unpaired) electrons. The predicted octanol–water partition coefficient (Wildman–Crippen LogP) is 15.7. The van der Waals surface area contributed by atoms with Gasteiger partial charge in [-0.1, -0.05) is 223 Å². The minimum absolute atomic E-state index is 0.122. The van der Waals surface area contributed by atoms with Crippen LogP contribution in [0.1, 0.15) is 233 Å². The fourth-order valence-electron chi connectivity index (χ4n) is 6.67. The average molecular weight is 811 g/mol. The van der Waals surface area contributed by atoms with E-state index in [2.05, 4.69) is 63.3 Å². The fraction of sp³-hybridized carbons (Fsp3) is 0.750. The van der Waals surface area contributed by atoms with E-state index >= 15 is 0 Å². The van der Waals surface area contributed by atoms with Crippen molar-refractivity contribution in [2.75, 3.05) is 13.2 Å². The molecule has 6 nitrogen and oxygen atoms in total. The molecule has 1 atom stereocenters. The van der Waals surface area contributed by atoms with Gasteiger partial charge in [-0.15, -0.1) is 0 Å². The minimum atomic E-state index is -0.835. The third kappa shape index (κ3) is 44.2. The molecule has 0 aromatic rings. The van der Waals surface area contributed by atoms with Crippen molar-refractivity contribution in [3.8, 4) is 0 Å². The summed E-state index contributed by atoms with van der Waals surface area (Å²) in [5.41, 5.74) is 0. The zero-order valence-electron chi connectivity index (χ0n) is 38.0. The Kier molecular flexibility index (Phi) is 44.5. The second-order valence-corrected chi connectivity index (χ2v) is 16.0. The third-order valence-corrected chi connectivity index (χ3v) is 10.3. The number of carbonyl (C=O) groups excluding carboxylic acids is 3. The SMILES string of the molecule is CC/C=C\C/C=C\C/C=C\CC(=O)OCC(COC(=O)CCCCCCCCCCCCCCCCCCCC)OC(=O)CC/C=C\C/C=C\CCCCCCCC. The highest BCUT2D eigenvalue weighted by Gasteiger charge is 2.19. The maximum absolute atomic E-state index is 12.7. The Labute approximate surface area is 358 Å². The first-order valence-corrected chi connectivity index (χ1v) is 24.3. The summed E-state index contributed by atoms with van der Waals surface area (Å²) in [6, 6.07) is 0. The van der Waals surface area contributed by atoms with Gasteiger partial charge in [0, 0.05) is 12.8 Å². The molecule has 0 aromatic carbocycles. The highest BCUT2D eigenvalue weighted by Crippen LogP contribution is 2.15. The molecule has 0 N–H and O–H groups in total. The largest absolute Gasteiger partial charge is 0.462 e. The van der Waals surface area contributed by atoms with E-state index < -0.39 is 18.0 Å². The van der Waals surface area contributed by atoms with Crippen LogP contribution in [0.25, 0.3) is 0 Å². The topological polar surface area (TPSA) is 78.9 Å². The maximum atomic E-state index is 12.7. The van der Waals surface area contributed by atoms with Gasteiger partial charge in [0.1, 0.15) is 13.2 Å². The van der Waals surface area contributed by atoms with Crippen molar-refractivity contribution in [1.82, 2.24) is 0 Å². The van der Waals surface area contributed by atoms with Crippen LogP contribution in [0, 0.1) is 0 Å². The van der Waals surface area contributed by atoms with Gasteiger partial charge in [-0.3, -0.25) is 14.4 Å². The van der Waals surface area contributed by atoms with Crippen molar-refractivity contribution in [2.45, 2.75) is 239 Å². The highest BCUT2D eigenvalue weighted by molar-refractivity contribution is 5.72. The lowest BCUT2D eigenvalue weighted by Crippen LogP contribution is -2.30. The van der Waals surface area contributed by atoms with Gasteiger partial charge in [0.2, 0.25) is 0 Å². The highest BCUT2D eigenvalue weighted by atomic mass is 16.6. The number of esters is 3. The summed E-state index contributed by atoms with van der Waals surface area (Å²) in [5, 5.41) is 0. The molecule has 0 rings (SSSR count). The lowest BCUT2D eigenvalue weighted by Gasteiger charge is -2.18. The number of hydrogen-bond acceptors (Lipinski definition) is 6. The van der Waals surface area contributed by atoms with Crippen molar-refractivity contribution < 1.29 is 28.6 Å². The van der Waals surface area contributed by atoms with E-state index in [0.29, 0.717) is 12.8 Å². The van der Waals surface area contributed by atoms with Gasteiger partial charge in [-0.2, -0.15) is 0 Å². The van der Waals surface area contributed by atoms with Crippen LogP contribution < -0.4 is 0 Å².